The second-order valence-electron chi connectivity index (χ2n) is 15.4. The van der Waals surface area contributed by atoms with Crippen molar-refractivity contribution in [3.05, 3.63) is 237 Å². The largest absolute Gasteiger partial charge is 0.248 e. The number of benzene rings is 8. The lowest BCUT2D eigenvalue weighted by molar-refractivity contribution is 0.979. The zero-order valence-corrected chi connectivity index (χ0v) is 33.4. The van der Waals surface area contributed by atoms with Gasteiger partial charge in [0.2, 0.25) is 0 Å². The molecule has 11 rings (SSSR count). The molecule has 0 unspecified atom stereocenters. The van der Waals surface area contributed by atoms with E-state index in [4.69, 9.17) is 10.1 Å². The fourth-order valence-corrected chi connectivity index (χ4v) is 8.67. The molecule has 0 aliphatic heterocycles. The first-order valence-corrected chi connectivity index (χ1v) is 20.7. The SMILES string of the molecule is c1ccc(-c2cccc(-c3cc(-c4cccc5c4cc(-c4ccccc4)n4nc(-c6ccccc6)c(-c6ccccc6)c54)cc(-c4cccc(-c5ccccc5)c4)n3)c2)cc1. The minimum absolute atomic E-state index is 0.914. The molecule has 3 heterocycles. The second-order valence-corrected chi connectivity index (χ2v) is 15.4. The molecule has 286 valence electrons. The van der Waals surface area contributed by atoms with Crippen LogP contribution in [0.15, 0.2) is 237 Å². The zero-order valence-electron chi connectivity index (χ0n) is 33.4. The fourth-order valence-electron chi connectivity index (χ4n) is 8.67. The third-order valence-corrected chi connectivity index (χ3v) is 11.6. The van der Waals surface area contributed by atoms with Gasteiger partial charge in [-0.3, -0.25) is 0 Å². The maximum absolute atomic E-state index is 5.47. The first-order valence-electron chi connectivity index (χ1n) is 20.7. The number of aromatic nitrogens is 3. The molecule has 8 aromatic carbocycles. The molecule has 0 saturated heterocycles. The highest BCUT2D eigenvalue weighted by molar-refractivity contribution is 6.12. The average Bonchev–Trinajstić information content (AvgIpc) is 3.76. The number of pyridine rings is 2. The molecule has 3 aromatic heterocycles. The maximum atomic E-state index is 5.47. The lowest BCUT2D eigenvalue weighted by atomic mass is 9.92. The highest BCUT2D eigenvalue weighted by atomic mass is 15.2. The summed E-state index contributed by atoms with van der Waals surface area (Å²) in [6.45, 7) is 0. The molecule has 0 N–H and O–H groups in total. The van der Waals surface area contributed by atoms with Gasteiger partial charge in [0.15, 0.2) is 0 Å². The van der Waals surface area contributed by atoms with Crippen LogP contribution in [-0.2, 0) is 0 Å². The Morgan fingerprint density at radius 2 is 0.738 bits per heavy atom. The van der Waals surface area contributed by atoms with E-state index in [1.807, 2.05) is 0 Å². The van der Waals surface area contributed by atoms with E-state index in [0.717, 1.165) is 94.7 Å². The van der Waals surface area contributed by atoms with Gasteiger partial charge in [0.1, 0.15) is 5.69 Å². The van der Waals surface area contributed by atoms with Crippen molar-refractivity contribution in [1.29, 1.82) is 0 Å². The molecule has 0 fully saturated rings. The normalized spacial score (nSPS) is 11.3. The van der Waals surface area contributed by atoms with Crippen LogP contribution in [0.25, 0.3) is 106 Å². The van der Waals surface area contributed by atoms with Crippen LogP contribution in [0.3, 0.4) is 0 Å². The Balaban J connectivity index is 1.20. The standard InChI is InChI=1S/C58H39N3/c1-6-19-40(20-7-1)45-29-16-31-47(35-45)53-37-49(38-54(59-53)48-32-17-30-46(36-48)41-21-8-2-9-22-41)50-33-18-34-51-52(50)39-55(42-23-10-3-11-24-42)61-58(51)56(43-25-12-4-13-26-43)57(60-61)44-27-14-5-15-28-44/h1-39H. The van der Waals surface area contributed by atoms with E-state index in [-0.39, 0.29) is 0 Å². The summed E-state index contributed by atoms with van der Waals surface area (Å²) in [4.78, 5) is 5.44. The molecule has 0 atom stereocenters. The number of rotatable bonds is 8. The van der Waals surface area contributed by atoms with Crippen LogP contribution in [0.1, 0.15) is 0 Å². The van der Waals surface area contributed by atoms with E-state index in [1.54, 1.807) is 0 Å². The molecule has 0 radical (unpaired) electrons. The monoisotopic (exact) mass is 777 g/mol. The van der Waals surface area contributed by atoms with E-state index in [1.165, 1.54) is 11.1 Å². The molecular weight excluding hydrogens is 739 g/mol. The van der Waals surface area contributed by atoms with Crippen molar-refractivity contribution in [2.24, 2.45) is 0 Å². The third kappa shape index (κ3) is 6.78. The topological polar surface area (TPSA) is 30.2 Å². The van der Waals surface area contributed by atoms with Crippen molar-refractivity contribution in [1.82, 2.24) is 14.6 Å². The molecular formula is C58H39N3. The van der Waals surface area contributed by atoms with Crippen LogP contribution in [0.2, 0.25) is 0 Å². The van der Waals surface area contributed by atoms with Crippen molar-refractivity contribution in [2.75, 3.05) is 0 Å². The van der Waals surface area contributed by atoms with Gasteiger partial charge >= 0.3 is 0 Å². The lowest BCUT2D eigenvalue weighted by Gasteiger charge is -2.16. The number of fused-ring (bicyclic) bond motifs is 3. The van der Waals surface area contributed by atoms with Gasteiger partial charge in [-0.15, -0.1) is 0 Å². The van der Waals surface area contributed by atoms with Crippen molar-refractivity contribution in [3.63, 3.8) is 0 Å². The van der Waals surface area contributed by atoms with Crippen LogP contribution < -0.4 is 0 Å². The molecule has 0 spiro atoms. The van der Waals surface area contributed by atoms with Crippen LogP contribution in [0.5, 0.6) is 0 Å². The van der Waals surface area contributed by atoms with E-state index >= 15 is 0 Å². The van der Waals surface area contributed by atoms with Gasteiger partial charge < -0.3 is 0 Å². The molecule has 61 heavy (non-hydrogen) atoms. The Morgan fingerprint density at radius 1 is 0.295 bits per heavy atom. The number of hydrogen-bond donors (Lipinski definition) is 0. The van der Waals surface area contributed by atoms with Crippen molar-refractivity contribution < 1.29 is 0 Å². The van der Waals surface area contributed by atoms with Crippen molar-refractivity contribution in [2.45, 2.75) is 0 Å². The van der Waals surface area contributed by atoms with Gasteiger partial charge in [0.25, 0.3) is 0 Å². The van der Waals surface area contributed by atoms with Crippen LogP contribution in [0, 0.1) is 0 Å². The summed E-state index contributed by atoms with van der Waals surface area (Å²) in [6.07, 6.45) is 0. The molecule has 0 saturated carbocycles. The van der Waals surface area contributed by atoms with Gasteiger partial charge in [0, 0.05) is 33.2 Å². The third-order valence-electron chi connectivity index (χ3n) is 11.6. The summed E-state index contributed by atoms with van der Waals surface area (Å²) in [6, 6.07) is 84.0. The van der Waals surface area contributed by atoms with Crippen LogP contribution >= 0.6 is 0 Å². The molecule has 0 aliphatic carbocycles. The van der Waals surface area contributed by atoms with Gasteiger partial charge in [-0.05, 0) is 74.7 Å². The lowest BCUT2D eigenvalue weighted by Crippen LogP contribution is -1.97. The summed E-state index contributed by atoms with van der Waals surface area (Å²) in [7, 11) is 0. The average molecular weight is 778 g/mol. The van der Waals surface area contributed by atoms with Crippen LogP contribution in [0.4, 0.5) is 0 Å². The quantitative estimate of drug-likeness (QED) is 0.154. The Hall–Kier alpha value is -8.14. The summed E-state index contributed by atoms with van der Waals surface area (Å²) in [5.74, 6) is 0. The van der Waals surface area contributed by atoms with E-state index in [2.05, 4.69) is 241 Å². The molecule has 11 aromatic rings. The maximum Gasteiger partial charge on any atom is 0.101 e. The summed E-state index contributed by atoms with van der Waals surface area (Å²) < 4.78 is 2.17. The number of hydrogen-bond acceptors (Lipinski definition) is 2. The molecule has 0 amide bonds. The number of nitrogens with zero attached hydrogens (tertiary/aromatic N) is 3. The highest BCUT2D eigenvalue weighted by Crippen LogP contribution is 2.44. The fraction of sp³-hybridized carbons (Fsp3) is 0. The molecule has 0 bridgehead atoms. The smallest absolute Gasteiger partial charge is 0.101 e. The van der Waals surface area contributed by atoms with E-state index in [0.29, 0.717) is 0 Å². The first kappa shape index (κ1) is 36.0. The van der Waals surface area contributed by atoms with E-state index in [9.17, 15) is 0 Å². The molecule has 0 aliphatic rings. The minimum atomic E-state index is 0.914. The predicted molar refractivity (Wildman–Crippen MR) is 254 cm³/mol. The second kappa shape index (κ2) is 15.6. The summed E-state index contributed by atoms with van der Waals surface area (Å²) >= 11 is 0. The minimum Gasteiger partial charge on any atom is -0.248 e. The van der Waals surface area contributed by atoms with Gasteiger partial charge in [-0.25, -0.2) is 9.50 Å². The highest BCUT2D eigenvalue weighted by Gasteiger charge is 2.23. The molecule has 3 heteroatoms. The predicted octanol–water partition coefficient (Wildman–Crippen LogP) is 15.2. The Morgan fingerprint density at radius 3 is 1.28 bits per heavy atom. The van der Waals surface area contributed by atoms with Gasteiger partial charge in [-0.2, -0.15) is 5.10 Å². The van der Waals surface area contributed by atoms with Gasteiger partial charge in [0.05, 0.1) is 22.6 Å². The zero-order chi connectivity index (χ0) is 40.5. The van der Waals surface area contributed by atoms with E-state index < -0.39 is 0 Å². The Labute approximate surface area is 355 Å². The Kier molecular flexibility index (Phi) is 9.18. The van der Waals surface area contributed by atoms with Gasteiger partial charge in [-0.1, -0.05) is 206 Å². The summed E-state index contributed by atoms with van der Waals surface area (Å²) in [5, 5.41) is 7.74. The Bertz CT molecular complexity index is 3220. The first-order chi connectivity index (χ1) is 30.2. The van der Waals surface area contributed by atoms with Crippen molar-refractivity contribution >= 4 is 16.3 Å². The van der Waals surface area contributed by atoms with Crippen molar-refractivity contribution in [3.8, 4) is 89.5 Å². The molecule has 3 nitrogen and oxygen atoms in total. The van der Waals surface area contributed by atoms with Crippen LogP contribution in [-0.4, -0.2) is 14.6 Å². The summed E-state index contributed by atoms with van der Waals surface area (Å²) in [5.41, 5.74) is 18.3.